The molecule has 0 atom stereocenters. The number of ketones is 1. The van der Waals surface area contributed by atoms with Crippen molar-refractivity contribution in [2.75, 3.05) is 0 Å². The smallest absolute Gasteiger partial charge is 0.193 e. The van der Waals surface area contributed by atoms with Gasteiger partial charge < -0.3 is 9.63 Å². The average Bonchev–Trinajstić information content (AvgIpc) is 2.95. The molecule has 3 rings (SSSR count). The molecule has 1 N–H and O–H groups in total. The highest BCUT2D eigenvalue weighted by atomic mass is 35.5. The molecule has 0 radical (unpaired) electrons. The molecule has 1 heterocycles. The molecule has 0 unspecified atom stereocenters. The van der Waals surface area contributed by atoms with Gasteiger partial charge in [0.2, 0.25) is 0 Å². The lowest BCUT2D eigenvalue weighted by Gasteiger charge is -2.09. The third-order valence-electron chi connectivity index (χ3n) is 3.62. The minimum atomic E-state index is -0.278. The lowest BCUT2D eigenvalue weighted by atomic mass is 9.93. The highest BCUT2D eigenvalue weighted by molar-refractivity contribution is 6.30. The first-order valence-corrected chi connectivity index (χ1v) is 7.45. The third-order valence-corrected chi connectivity index (χ3v) is 3.88. The number of aliphatic hydroxyl groups is 1. The van der Waals surface area contributed by atoms with Crippen LogP contribution in [0.15, 0.2) is 53.1 Å². The summed E-state index contributed by atoms with van der Waals surface area (Å²) in [5.74, 6) is 0.223. The molecule has 0 bridgehead atoms. The van der Waals surface area contributed by atoms with Gasteiger partial charge in [-0.15, -0.1) is 0 Å². The first-order valence-electron chi connectivity index (χ1n) is 7.07. The number of halogens is 1. The molecular formula is C18H14ClNO3. The minimum Gasteiger partial charge on any atom is -0.388 e. The van der Waals surface area contributed by atoms with E-state index in [-0.39, 0.29) is 12.4 Å². The van der Waals surface area contributed by atoms with E-state index in [0.717, 1.165) is 0 Å². The SMILES string of the molecule is Cc1noc(CO)c1-c1ccccc1C(=O)c1ccc(Cl)cc1. The Labute approximate surface area is 138 Å². The number of hydrogen-bond donors (Lipinski definition) is 1. The zero-order valence-corrected chi connectivity index (χ0v) is 13.2. The van der Waals surface area contributed by atoms with Crippen molar-refractivity contribution in [3.8, 4) is 11.1 Å². The minimum absolute atomic E-state index is 0.123. The number of aliphatic hydroxyl groups excluding tert-OH is 1. The molecule has 0 amide bonds. The number of aryl methyl sites for hydroxylation is 1. The first-order chi connectivity index (χ1) is 11.1. The molecule has 0 spiro atoms. The standard InChI is InChI=1S/C18H14ClNO3/c1-11-17(16(10-21)23-20-11)14-4-2-3-5-15(14)18(22)12-6-8-13(19)9-7-12/h2-9,21H,10H2,1H3. The summed E-state index contributed by atoms with van der Waals surface area (Å²) in [5, 5.41) is 13.9. The predicted octanol–water partition coefficient (Wildman–Crippen LogP) is 4.03. The van der Waals surface area contributed by atoms with E-state index in [1.54, 1.807) is 43.3 Å². The number of rotatable bonds is 4. The molecule has 0 fully saturated rings. The van der Waals surface area contributed by atoms with Gasteiger partial charge in [0.25, 0.3) is 0 Å². The van der Waals surface area contributed by atoms with Crippen molar-refractivity contribution in [3.63, 3.8) is 0 Å². The van der Waals surface area contributed by atoms with Gasteiger partial charge in [-0.3, -0.25) is 4.79 Å². The lowest BCUT2D eigenvalue weighted by Crippen LogP contribution is -2.04. The number of carbonyl (C=O) groups excluding carboxylic acids is 1. The van der Waals surface area contributed by atoms with Crippen LogP contribution in [-0.2, 0) is 6.61 Å². The van der Waals surface area contributed by atoms with Gasteiger partial charge in [0.05, 0.1) is 11.3 Å². The Kier molecular flexibility index (Phi) is 4.28. The fraction of sp³-hybridized carbons (Fsp3) is 0.111. The van der Waals surface area contributed by atoms with E-state index in [4.69, 9.17) is 16.1 Å². The van der Waals surface area contributed by atoms with Crippen LogP contribution in [0.2, 0.25) is 5.02 Å². The van der Waals surface area contributed by atoms with Crippen LogP contribution in [0.4, 0.5) is 0 Å². The topological polar surface area (TPSA) is 63.3 Å². The van der Waals surface area contributed by atoms with E-state index >= 15 is 0 Å². The van der Waals surface area contributed by atoms with E-state index in [0.29, 0.717) is 38.7 Å². The quantitative estimate of drug-likeness (QED) is 0.735. The van der Waals surface area contributed by atoms with Crippen LogP contribution in [0, 0.1) is 6.92 Å². The molecule has 4 nitrogen and oxygen atoms in total. The molecule has 2 aromatic carbocycles. The van der Waals surface area contributed by atoms with Gasteiger partial charge in [-0.25, -0.2) is 0 Å². The van der Waals surface area contributed by atoms with E-state index in [2.05, 4.69) is 5.16 Å². The van der Waals surface area contributed by atoms with Gasteiger partial charge in [-0.2, -0.15) is 0 Å². The molecule has 0 aliphatic heterocycles. The lowest BCUT2D eigenvalue weighted by molar-refractivity contribution is 0.103. The van der Waals surface area contributed by atoms with Crippen molar-refractivity contribution in [2.45, 2.75) is 13.5 Å². The van der Waals surface area contributed by atoms with Crippen LogP contribution < -0.4 is 0 Å². The molecule has 1 aromatic heterocycles. The second-order valence-corrected chi connectivity index (χ2v) is 5.54. The van der Waals surface area contributed by atoms with Crippen LogP contribution in [0.1, 0.15) is 27.4 Å². The molecule has 0 aliphatic carbocycles. The number of carbonyl (C=O) groups is 1. The fourth-order valence-corrected chi connectivity index (χ4v) is 2.65. The summed E-state index contributed by atoms with van der Waals surface area (Å²) in [4.78, 5) is 12.8. The van der Waals surface area contributed by atoms with E-state index < -0.39 is 0 Å². The van der Waals surface area contributed by atoms with Crippen LogP contribution >= 0.6 is 11.6 Å². The van der Waals surface area contributed by atoms with Crippen molar-refractivity contribution in [1.29, 1.82) is 0 Å². The summed E-state index contributed by atoms with van der Waals surface area (Å²) >= 11 is 5.88. The number of hydrogen-bond acceptors (Lipinski definition) is 4. The van der Waals surface area contributed by atoms with Crippen LogP contribution in [-0.4, -0.2) is 16.0 Å². The summed E-state index contributed by atoms with van der Waals surface area (Å²) in [6.45, 7) is 1.50. The molecule has 0 saturated carbocycles. The highest BCUT2D eigenvalue weighted by Crippen LogP contribution is 2.31. The zero-order valence-electron chi connectivity index (χ0n) is 12.4. The maximum Gasteiger partial charge on any atom is 0.193 e. The van der Waals surface area contributed by atoms with Gasteiger partial charge in [0.1, 0.15) is 6.61 Å². The largest absolute Gasteiger partial charge is 0.388 e. The second kappa shape index (κ2) is 6.36. The number of nitrogens with zero attached hydrogens (tertiary/aromatic N) is 1. The molecule has 3 aromatic rings. The molecular weight excluding hydrogens is 314 g/mol. The number of aromatic nitrogens is 1. The normalized spacial score (nSPS) is 10.7. The van der Waals surface area contributed by atoms with E-state index in [1.165, 1.54) is 0 Å². The molecule has 0 aliphatic rings. The average molecular weight is 328 g/mol. The highest BCUT2D eigenvalue weighted by Gasteiger charge is 2.20. The Hall–Kier alpha value is -2.43. The van der Waals surface area contributed by atoms with Gasteiger partial charge in [0.15, 0.2) is 11.5 Å². The Morgan fingerprint density at radius 1 is 1.17 bits per heavy atom. The summed E-state index contributed by atoms with van der Waals surface area (Å²) in [5.41, 5.74) is 3.04. The van der Waals surface area contributed by atoms with Gasteiger partial charge in [-0.1, -0.05) is 41.0 Å². The second-order valence-electron chi connectivity index (χ2n) is 5.11. The van der Waals surface area contributed by atoms with E-state index in [9.17, 15) is 9.90 Å². The van der Waals surface area contributed by atoms with Gasteiger partial charge in [0, 0.05) is 16.1 Å². The van der Waals surface area contributed by atoms with Crippen molar-refractivity contribution in [3.05, 3.63) is 76.1 Å². The molecule has 116 valence electrons. The first kappa shape index (κ1) is 15.5. The third kappa shape index (κ3) is 2.91. The van der Waals surface area contributed by atoms with Crippen molar-refractivity contribution in [1.82, 2.24) is 5.16 Å². The maximum absolute atomic E-state index is 12.8. The van der Waals surface area contributed by atoms with Crippen molar-refractivity contribution in [2.24, 2.45) is 0 Å². The molecule has 23 heavy (non-hydrogen) atoms. The Morgan fingerprint density at radius 3 is 2.57 bits per heavy atom. The van der Waals surface area contributed by atoms with Crippen molar-refractivity contribution >= 4 is 17.4 Å². The molecule has 0 saturated heterocycles. The van der Waals surface area contributed by atoms with Gasteiger partial charge >= 0.3 is 0 Å². The monoisotopic (exact) mass is 327 g/mol. The van der Waals surface area contributed by atoms with E-state index in [1.807, 2.05) is 12.1 Å². The predicted molar refractivity (Wildman–Crippen MR) is 87.5 cm³/mol. The summed E-state index contributed by atoms with van der Waals surface area (Å²) in [7, 11) is 0. The van der Waals surface area contributed by atoms with Gasteiger partial charge in [-0.05, 0) is 36.8 Å². The molecule has 5 heteroatoms. The van der Waals surface area contributed by atoms with Crippen molar-refractivity contribution < 1.29 is 14.4 Å². The van der Waals surface area contributed by atoms with Crippen LogP contribution in [0.5, 0.6) is 0 Å². The zero-order chi connectivity index (χ0) is 16.4. The summed E-state index contributed by atoms with van der Waals surface area (Å²) < 4.78 is 5.13. The number of benzene rings is 2. The Bertz CT molecular complexity index is 853. The van der Waals surface area contributed by atoms with Crippen LogP contribution in [0.25, 0.3) is 11.1 Å². The fourth-order valence-electron chi connectivity index (χ4n) is 2.53. The Morgan fingerprint density at radius 2 is 1.87 bits per heavy atom. The summed E-state index contributed by atoms with van der Waals surface area (Å²) in [6.07, 6.45) is 0. The van der Waals surface area contributed by atoms with Crippen LogP contribution in [0.3, 0.4) is 0 Å². The Balaban J connectivity index is 2.13. The summed E-state index contributed by atoms with van der Waals surface area (Å²) in [6, 6.07) is 13.9. The maximum atomic E-state index is 12.8.